The molecule has 0 saturated carbocycles. The van der Waals surface area contributed by atoms with Gasteiger partial charge in [-0.2, -0.15) is 0 Å². The zero-order valence-corrected chi connectivity index (χ0v) is 17.9. The lowest BCUT2D eigenvalue weighted by molar-refractivity contribution is -0.125. The molecule has 1 atom stereocenters. The summed E-state index contributed by atoms with van der Waals surface area (Å²) in [5.41, 5.74) is 1.01. The third-order valence-electron chi connectivity index (χ3n) is 5.50. The first-order chi connectivity index (χ1) is 15.0. The van der Waals surface area contributed by atoms with Crippen molar-refractivity contribution in [1.29, 1.82) is 0 Å². The number of hydrogen-bond donors (Lipinski definition) is 1. The van der Waals surface area contributed by atoms with Crippen LogP contribution in [0.2, 0.25) is 5.02 Å². The zero-order chi connectivity index (χ0) is 21.7. The number of hydrogen-bond acceptors (Lipinski definition) is 5. The van der Waals surface area contributed by atoms with Crippen LogP contribution in [0.3, 0.4) is 0 Å². The summed E-state index contributed by atoms with van der Waals surface area (Å²) >= 11 is 8.02. The second-order valence-corrected chi connectivity index (χ2v) is 8.95. The molecule has 6 nitrogen and oxygen atoms in total. The molecule has 1 aromatic heterocycles. The first kappa shape index (κ1) is 19.8. The summed E-state index contributed by atoms with van der Waals surface area (Å²) in [5.74, 6) is -1.11. The molecular weight excluding hydrogens is 436 g/mol. The normalized spacial score (nSPS) is 18.5. The summed E-state index contributed by atoms with van der Waals surface area (Å²) in [6.45, 7) is 3.91. The summed E-state index contributed by atoms with van der Waals surface area (Å²) in [6.07, 6.45) is 0.862. The number of carbonyl (C=O) groups excluding carboxylic acids is 3. The van der Waals surface area contributed by atoms with Gasteiger partial charge < -0.3 is 10.1 Å². The van der Waals surface area contributed by atoms with Crippen LogP contribution in [0.4, 0.5) is 0 Å². The van der Waals surface area contributed by atoms with Crippen LogP contribution in [0, 0.1) is 0 Å². The van der Waals surface area contributed by atoms with Crippen LogP contribution >= 0.6 is 22.9 Å². The van der Waals surface area contributed by atoms with Gasteiger partial charge in [0.2, 0.25) is 5.91 Å². The average Bonchev–Trinajstić information content (AvgIpc) is 3.21. The molecule has 3 amide bonds. The molecule has 31 heavy (non-hydrogen) atoms. The van der Waals surface area contributed by atoms with Crippen molar-refractivity contribution < 1.29 is 19.1 Å². The van der Waals surface area contributed by atoms with Crippen LogP contribution in [0.15, 0.2) is 54.7 Å². The Morgan fingerprint density at radius 2 is 1.94 bits per heavy atom. The SMILES string of the molecule is C=C1CCC(N2C(=O)c3cccc(OCc4sc5ccccc5c4Cl)c3C2=O)C(=O)N1. The minimum atomic E-state index is -0.859. The fraction of sp³-hybridized carbons (Fsp3) is 0.174. The lowest BCUT2D eigenvalue weighted by atomic mass is 10.0. The molecular formula is C23H17ClN2O4S. The highest BCUT2D eigenvalue weighted by molar-refractivity contribution is 7.19. The monoisotopic (exact) mass is 452 g/mol. The van der Waals surface area contributed by atoms with E-state index in [1.54, 1.807) is 18.2 Å². The van der Waals surface area contributed by atoms with E-state index in [1.165, 1.54) is 11.3 Å². The Morgan fingerprint density at radius 1 is 1.13 bits per heavy atom. The van der Waals surface area contributed by atoms with Crippen molar-refractivity contribution in [3.8, 4) is 5.75 Å². The van der Waals surface area contributed by atoms with E-state index in [1.807, 2.05) is 24.3 Å². The maximum absolute atomic E-state index is 13.2. The number of nitrogens with one attached hydrogen (secondary N) is 1. The molecule has 1 fully saturated rings. The lowest BCUT2D eigenvalue weighted by Gasteiger charge is -2.29. The number of allylic oxidation sites excluding steroid dienone is 1. The van der Waals surface area contributed by atoms with E-state index in [9.17, 15) is 14.4 Å². The Bertz CT molecular complexity index is 1280. The number of carbonyl (C=O) groups is 3. The minimum absolute atomic E-state index is 0.167. The van der Waals surface area contributed by atoms with E-state index in [4.69, 9.17) is 16.3 Å². The highest BCUT2D eigenvalue weighted by atomic mass is 35.5. The molecule has 3 heterocycles. The lowest BCUT2D eigenvalue weighted by Crippen LogP contribution is -2.51. The van der Waals surface area contributed by atoms with Gasteiger partial charge in [0.05, 0.1) is 21.0 Å². The summed E-state index contributed by atoms with van der Waals surface area (Å²) in [4.78, 5) is 40.4. The average molecular weight is 453 g/mol. The fourth-order valence-electron chi connectivity index (χ4n) is 3.99. The molecule has 2 aliphatic rings. The number of piperidine rings is 1. The molecule has 1 saturated heterocycles. The summed E-state index contributed by atoms with van der Waals surface area (Å²) in [6, 6.07) is 11.8. The standard InChI is InChI=1S/C23H17ClN2O4S/c1-12-9-10-15(21(27)25-12)26-22(28)14-6-4-7-16(19(14)23(26)29)30-11-18-20(24)13-5-2-3-8-17(13)31-18/h2-8,15H,1,9-11H2,(H,25,27). The van der Waals surface area contributed by atoms with Gasteiger partial charge in [-0.05, 0) is 31.0 Å². The van der Waals surface area contributed by atoms with E-state index in [-0.39, 0.29) is 17.7 Å². The number of ether oxygens (including phenoxy) is 1. The molecule has 2 aliphatic heterocycles. The highest BCUT2D eigenvalue weighted by Gasteiger charge is 2.45. The predicted molar refractivity (Wildman–Crippen MR) is 118 cm³/mol. The van der Waals surface area contributed by atoms with Gasteiger partial charge >= 0.3 is 0 Å². The van der Waals surface area contributed by atoms with Crippen molar-refractivity contribution in [3.05, 3.63) is 75.8 Å². The molecule has 0 bridgehead atoms. The summed E-state index contributed by atoms with van der Waals surface area (Å²) in [5, 5.41) is 4.20. The number of amides is 3. The van der Waals surface area contributed by atoms with Gasteiger partial charge in [0.1, 0.15) is 18.4 Å². The van der Waals surface area contributed by atoms with Gasteiger partial charge in [-0.25, -0.2) is 0 Å². The largest absolute Gasteiger partial charge is 0.487 e. The van der Waals surface area contributed by atoms with Crippen LogP contribution < -0.4 is 10.1 Å². The van der Waals surface area contributed by atoms with Crippen LogP contribution in [0.1, 0.15) is 38.4 Å². The van der Waals surface area contributed by atoms with Crippen LogP contribution in [-0.4, -0.2) is 28.7 Å². The second kappa shape index (κ2) is 7.51. The molecule has 1 unspecified atom stereocenters. The third-order valence-corrected chi connectivity index (χ3v) is 7.19. The van der Waals surface area contributed by atoms with Gasteiger partial charge in [-0.15, -0.1) is 11.3 Å². The molecule has 5 rings (SSSR count). The number of imide groups is 1. The first-order valence-electron chi connectivity index (χ1n) is 9.74. The first-order valence-corrected chi connectivity index (χ1v) is 10.9. The van der Waals surface area contributed by atoms with Crippen molar-refractivity contribution in [2.24, 2.45) is 0 Å². The Morgan fingerprint density at radius 3 is 2.71 bits per heavy atom. The van der Waals surface area contributed by atoms with Crippen molar-refractivity contribution >= 4 is 50.7 Å². The zero-order valence-electron chi connectivity index (χ0n) is 16.3. The van der Waals surface area contributed by atoms with Gasteiger partial charge in [-0.1, -0.05) is 42.4 Å². The number of nitrogens with zero attached hydrogens (tertiary/aromatic N) is 1. The molecule has 1 N–H and O–H groups in total. The van der Waals surface area contributed by atoms with Crippen LogP contribution in [0.5, 0.6) is 5.75 Å². The van der Waals surface area contributed by atoms with Crippen LogP contribution in [0.25, 0.3) is 10.1 Å². The number of thiophene rings is 1. The number of benzene rings is 2. The van der Waals surface area contributed by atoms with E-state index < -0.39 is 23.8 Å². The second-order valence-electron chi connectivity index (χ2n) is 7.43. The Balaban J connectivity index is 1.43. The number of rotatable bonds is 4. The Kier molecular flexibility index (Phi) is 4.79. The van der Waals surface area contributed by atoms with Gasteiger partial charge in [0.15, 0.2) is 0 Å². The molecule has 156 valence electrons. The smallest absolute Gasteiger partial charge is 0.266 e. The van der Waals surface area contributed by atoms with Crippen LogP contribution in [-0.2, 0) is 11.4 Å². The van der Waals surface area contributed by atoms with E-state index in [0.29, 0.717) is 29.3 Å². The van der Waals surface area contributed by atoms with Crippen molar-refractivity contribution in [2.45, 2.75) is 25.5 Å². The summed E-state index contributed by atoms with van der Waals surface area (Å²) < 4.78 is 7.00. The fourth-order valence-corrected chi connectivity index (χ4v) is 5.39. The maximum atomic E-state index is 13.2. The Labute approximate surface area is 187 Å². The topological polar surface area (TPSA) is 75.7 Å². The van der Waals surface area contributed by atoms with Crippen molar-refractivity contribution in [2.75, 3.05) is 0 Å². The molecule has 0 spiro atoms. The molecule has 0 aliphatic carbocycles. The van der Waals surface area contributed by atoms with Gasteiger partial charge in [-0.3, -0.25) is 19.3 Å². The Hall–Kier alpha value is -3.16. The van der Waals surface area contributed by atoms with E-state index in [2.05, 4.69) is 11.9 Å². The molecule has 8 heteroatoms. The number of fused-ring (bicyclic) bond motifs is 2. The quantitative estimate of drug-likeness (QED) is 0.590. The van der Waals surface area contributed by atoms with Gasteiger partial charge in [0.25, 0.3) is 11.8 Å². The van der Waals surface area contributed by atoms with Crippen molar-refractivity contribution in [1.82, 2.24) is 10.2 Å². The number of halogens is 1. The maximum Gasteiger partial charge on any atom is 0.266 e. The van der Waals surface area contributed by atoms with E-state index >= 15 is 0 Å². The molecule has 2 aromatic carbocycles. The van der Waals surface area contributed by atoms with Gasteiger partial charge in [0, 0.05) is 15.8 Å². The highest BCUT2D eigenvalue weighted by Crippen LogP contribution is 2.38. The van der Waals surface area contributed by atoms with E-state index in [0.717, 1.165) is 19.9 Å². The summed E-state index contributed by atoms with van der Waals surface area (Å²) in [7, 11) is 0. The predicted octanol–water partition coefficient (Wildman–Crippen LogP) is 4.52. The van der Waals surface area contributed by atoms with Crippen molar-refractivity contribution in [3.63, 3.8) is 0 Å². The molecule has 3 aromatic rings. The molecule has 0 radical (unpaired) electrons. The third kappa shape index (κ3) is 3.21. The minimum Gasteiger partial charge on any atom is -0.487 e.